The highest BCUT2D eigenvalue weighted by Crippen LogP contribution is 2.28. The van der Waals surface area contributed by atoms with Crippen molar-refractivity contribution in [1.82, 2.24) is 10.3 Å². The van der Waals surface area contributed by atoms with Crippen LogP contribution in [-0.4, -0.2) is 11.5 Å². The Morgan fingerprint density at radius 3 is 2.74 bits per heavy atom. The van der Waals surface area contributed by atoms with Gasteiger partial charge in [0.05, 0.1) is 12.2 Å². The molecular formula is C15H16BrFN2. The molecule has 2 nitrogen and oxygen atoms in total. The van der Waals surface area contributed by atoms with Crippen LogP contribution in [-0.2, 0) is 0 Å². The SMILES string of the molecule is CCNC(c1ccc(Br)cc1C)c1ccncc1F. The Kier molecular flexibility index (Phi) is 4.66. The van der Waals surface area contributed by atoms with Gasteiger partial charge in [-0.2, -0.15) is 0 Å². The second kappa shape index (κ2) is 6.26. The Labute approximate surface area is 121 Å². The minimum Gasteiger partial charge on any atom is -0.306 e. The first kappa shape index (κ1) is 14.2. The predicted octanol–water partition coefficient (Wildman–Crippen LogP) is 3.99. The molecule has 0 saturated carbocycles. The quantitative estimate of drug-likeness (QED) is 0.920. The van der Waals surface area contributed by atoms with Gasteiger partial charge in [-0.3, -0.25) is 4.98 Å². The summed E-state index contributed by atoms with van der Waals surface area (Å²) >= 11 is 3.45. The Morgan fingerprint density at radius 1 is 1.32 bits per heavy atom. The molecule has 0 spiro atoms. The van der Waals surface area contributed by atoms with E-state index in [9.17, 15) is 4.39 Å². The normalized spacial score (nSPS) is 12.4. The van der Waals surface area contributed by atoms with Gasteiger partial charge in [-0.15, -0.1) is 0 Å². The molecule has 1 aromatic heterocycles. The highest BCUT2D eigenvalue weighted by Gasteiger charge is 2.18. The van der Waals surface area contributed by atoms with Gasteiger partial charge in [-0.05, 0) is 42.8 Å². The summed E-state index contributed by atoms with van der Waals surface area (Å²) in [5, 5.41) is 3.33. The van der Waals surface area contributed by atoms with E-state index in [1.165, 1.54) is 6.20 Å². The third kappa shape index (κ3) is 3.19. The van der Waals surface area contributed by atoms with Crippen LogP contribution in [0.3, 0.4) is 0 Å². The first-order chi connectivity index (χ1) is 9.13. The zero-order chi connectivity index (χ0) is 13.8. The molecule has 0 fully saturated rings. The van der Waals surface area contributed by atoms with Gasteiger partial charge >= 0.3 is 0 Å². The van der Waals surface area contributed by atoms with E-state index in [0.29, 0.717) is 5.56 Å². The Bertz CT molecular complexity index is 572. The zero-order valence-electron chi connectivity index (χ0n) is 11.0. The topological polar surface area (TPSA) is 24.9 Å². The summed E-state index contributed by atoms with van der Waals surface area (Å²) in [6.07, 6.45) is 2.88. The fourth-order valence-corrected chi connectivity index (χ4v) is 2.65. The first-order valence-electron chi connectivity index (χ1n) is 6.22. The standard InChI is InChI=1S/C15H16BrFN2/c1-3-19-15(13-6-7-18-9-14(13)17)12-5-4-11(16)8-10(12)2/h4-9,15,19H,3H2,1-2H3. The number of nitrogens with zero attached hydrogens (tertiary/aromatic N) is 1. The van der Waals surface area contributed by atoms with Crippen molar-refractivity contribution >= 4 is 15.9 Å². The molecule has 2 rings (SSSR count). The Hall–Kier alpha value is -1.26. The summed E-state index contributed by atoms with van der Waals surface area (Å²) in [4.78, 5) is 3.81. The smallest absolute Gasteiger partial charge is 0.146 e. The first-order valence-corrected chi connectivity index (χ1v) is 7.01. The van der Waals surface area contributed by atoms with Crippen LogP contribution < -0.4 is 5.32 Å². The minimum atomic E-state index is -0.282. The Morgan fingerprint density at radius 2 is 2.11 bits per heavy atom. The van der Waals surface area contributed by atoms with E-state index < -0.39 is 0 Å². The van der Waals surface area contributed by atoms with Gasteiger partial charge in [0.2, 0.25) is 0 Å². The minimum absolute atomic E-state index is 0.152. The number of benzene rings is 1. The maximum atomic E-state index is 13.9. The molecule has 0 amide bonds. The van der Waals surface area contributed by atoms with E-state index in [-0.39, 0.29) is 11.9 Å². The van der Waals surface area contributed by atoms with Crippen LogP contribution in [0.4, 0.5) is 4.39 Å². The molecule has 0 saturated heterocycles. The average molecular weight is 323 g/mol. The van der Waals surface area contributed by atoms with Gasteiger partial charge in [-0.1, -0.05) is 28.9 Å². The van der Waals surface area contributed by atoms with Gasteiger partial charge in [0.15, 0.2) is 0 Å². The molecular weight excluding hydrogens is 307 g/mol. The highest BCUT2D eigenvalue weighted by molar-refractivity contribution is 9.10. The van der Waals surface area contributed by atoms with Gasteiger partial charge in [0.25, 0.3) is 0 Å². The molecule has 0 bridgehead atoms. The van der Waals surface area contributed by atoms with Crippen molar-refractivity contribution < 1.29 is 4.39 Å². The predicted molar refractivity (Wildman–Crippen MR) is 78.6 cm³/mol. The Balaban J connectivity index is 2.48. The molecule has 1 aromatic carbocycles. The monoisotopic (exact) mass is 322 g/mol. The van der Waals surface area contributed by atoms with Gasteiger partial charge in [0.1, 0.15) is 5.82 Å². The number of aromatic nitrogens is 1. The summed E-state index contributed by atoms with van der Waals surface area (Å²) in [6, 6.07) is 7.61. The molecule has 0 aliphatic rings. The van der Waals surface area contributed by atoms with Gasteiger partial charge in [0, 0.05) is 16.2 Å². The average Bonchev–Trinajstić information content (AvgIpc) is 2.38. The number of nitrogens with one attached hydrogen (secondary N) is 1. The molecule has 1 heterocycles. The van der Waals surface area contributed by atoms with E-state index in [4.69, 9.17) is 0 Å². The maximum Gasteiger partial charge on any atom is 0.146 e. The highest BCUT2D eigenvalue weighted by atomic mass is 79.9. The van der Waals surface area contributed by atoms with Crippen molar-refractivity contribution in [1.29, 1.82) is 0 Å². The second-order valence-electron chi connectivity index (χ2n) is 4.39. The van der Waals surface area contributed by atoms with E-state index >= 15 is 0 Å². The maximum absolute atomic E-state index is 13.9. The summed E-state index contributed by atoms with van der Waals surface area (Å²) in [6.45, 7) is 4.81. The number of aryl methyl sites for hydroxylation is 1. The van der Waals surface area contributed by atoms with Crippen LogP contribution in [0, 0.1) is 12.7 Å². The molecule has 0 aliphatic heterocycles. The van der Waals surface area contributed by atoms with Crippen LogP contribution in [0.2, 0.25) is 0 Å². The van der Waals surface area contributed by atoms with Crippen molar-refractivity contribution in [2.75, 3.05) is 6.54 Å². The molecule has 1 unspecified atom stereocenters. The number of rotatable bonds is 4. The summed E-state index contributed by atoms with van der Waals surface area (Å²) in [5.74, 6) is -0.282. The molecule has 2 aromatic rings. The lowest BCUT2D eigenvalue weighted by Gasteiger charge is -2.21. The molecule has 19 heavy (non-hydrogen) atoms. The lowest BCUT2D eigenvalue weighted by atomic mass is 9.95. The number of hydrogen-bond acceptors (Lipinski definition) is 2. The second-order valence-corrected chi connectivity index (χ2v) is 5.30. The molecule has 1 N–H and O–H groups in total. The third-order valence-electron chi connectivity index (χ3n) is 3.07. The largest absolute Gasteiger partial charge is 0.306 e. The lowest BCUT2D eigenvalue weighted by molar-refractivity contribution is 0.553. The van der Waals surface area contributed by atoms with Crippen molar-refractivity contribution in [3.05, 3.63) is 63.6 Å². The van der Waals surface area contributed by atoms with E-state index in [2.05, 4.69) is 26.2 Å². The van der Waals surface area contributed by atoms with Gasteiger partial charge < -0.3 is 5.32 Å². The number of hydrogen-bond donors (Lipinski definition) is 1. The van der Waals surface area contributed by atoms with Crippen LogP contribution >= 0.6 is 15.9 Å². The van der Waals surface area contributed by atoms with E-state index in [0.717, 1.165) is 22.1 Å². The molecule has 0 radical (unpaired) electrons. The third-order valence-corrected chi connectivity index (χ3v) is 3.56. The van der Waals surface area contributed by atoms with Crippen LogP contribution in [0.25, 0.3) is 0 Å². The zero-order valence-corrected chi connectivity index (χ0v) is 12.5. The summed E-state index contributed by atoms with van der Waals surface area (Å²) < 4.78 is 15.0. The fourth-order valence-electron chi connectivity index (χ4n) is 2.17. The van der Waals surface area contributed by atoms with Crippen LogP contribution in [0.15, 0.2) is 41.1 Å². The number of halogens is 2. The van der Waals surface area contributed by atoms with Crippen LogP contribution in [0.1, 0.15) is 29.7 Å². The van der Waals surface area contributed by atoms with Crippen molar-refractivity contribution in [2.45, 2.75) is 19.9 Å². The summed E-state index contributed by atoms with van der Waals surface area (Å²) in [7, 11) is 0. The van der Waals surface area contributed by atoms with Crippen molar-refractivity contribution in [3.8, 4) is 0 Å². The van der Waals surface area contributed by atoms with Gasteiger partial charge in [-0.25, -0.2) is 4.39 Å². The van der Waals surface area contributed by atoms with Crippen molar-refractivity contribution in [2.24, 2.45) is 0 Å². The van der Waals surface area contributed by atoms with Crippen LogP contribution in [0.5, 0.6) is 0 Å². The molecule has 100 valence electrons. The lowest BCUT2D eigenvalue weighted by Crippen LogP contribution is -2.23. The van der Waals surface area contributed by atoms with E-state index in [1.807, 2.05) is 32.0 Å². The summed E-state index contributed by atoms with van der Waals surface area (Å²) in [5.41, 5.74) is 2.83. The number of pyridine rings is 1. The fraction of sp³-hybridized carbons (Fsp3) is 0.267. The molecule has 4 heteroatoms. The molecule has 0 aliphatic carbocycles. The van der Waals surface area contributed by atoms with Crippen molar-refractivity contribution in [3.63, 3.8) is 0 Å². The van der Waals surface area contributed by atoms with E-state index in [1.54, 1.807) is 12.3 Å². The molecule has 1 atom stereocenters.